The number of aromatic nitrogens is 1. The zero-order chi connectivity index (χ0) is 30.3. The van der Waals surface area contributed by atoms with Gasteiger partial charge in [0.15, 0.2) is 5.78 Å². The maximum atomic E-state index is 13.8. The first-order valence-corrected chi connectivity index (χ1v) is 14.9. The molecule has 2 unspecified atom stereocenters. The van der Waals surface area contributed by atoms with Gasteiger partial charge in [0.25, 0.3) is 0 Å². The number of piperazine rings is 1. The minimum absolute atomic E-state index is 0.172. The van der Waals surface area contributed by atoms with Crippen LogP contribution in [0.5, 0.6) is 0 Å². The summed E-state index contributed by atoms with van der Waals surface area (Å²) in [4.78, 5) is 57.9. The van der Waals surface area contributed by atoms with Gasteiger partial charge < -0.3 is 20.5 Å². The summed E-state index contributed by atoms with van der Waals surface area (Å²) in [6, 6.07) is 22.6. The average molecular weight is 579 g/mol. The van der Waals surface area contributed by atoms with Crippen molar-refractivity contribution < 1.29 is 19.2 Å². The van der Waals surface area contributed by atoms with Crippen molar-refractivity contribution in [1.82, 2.24) is 20.5 Å². The van der Waals surface area contributed by atoms with Gasteiger partial charge in [-0.2, -0.15) is 0 Å². The molecule has 0 radical (unpaired) electrons. The Morgan fingerprint density at radius 2 is 1.65 bits per heavy atom. The van der Waals surface area contributed by atoms with Gasteiger partial charge in [-0.1, -0.05) is 80.6 Å². The minimum atomic E-state index is -1.04. The van der Waals surface area contributed by atoms with Crippen molar-refractivity contribution in [3.8, 4) is 0 Å². The smallest absolute Gasteiger partial charge is 0.246 e. The van der Waals surface area contributed by atoms with Gasteiger partial charge in [-0.25, -0.2) is 0 Å². The quantitative estimate of drug-likeness (QED) is 0.221. The number of para-hydroxylation sites is 1. The number of carbonyl (C=O) groups excluding carboxylic acids is 4. The Labute approximate surface area is 251 Å². The topological polar surface area (TPSA) is 111 Å². The van der Waals surface area contributed by atoms with Crippen LogP contribution in [0.4, 0.5) is 0 Å². The number of aromatic amines is 1. The van der Waals surface area contributed by atoms with Crippen molar-refractivity contribution in [2.75, 3.05) is 13.1 Å². The summed E-state index contributed by atoms with van der Waals surface area (Å²) < 4.78 is 0. The Hall–Kier alpha value is -4.72. The second-order valence-electron chi connectivity index (χ2n) is 11.1. The number of benzene rings is 3. The number of rotatable bonds is 12. The number of carbonyl (C=O) groups is 4. The number of fused-ring (bicyclic) bond motifs is 1. The van der Waals surface area contributed by atoms with E-state index in [9.17, 15) is 19.2 Å². The maximum absolute atomic E-state index is 13.8. The zero-order valence-corrected chi connectivity index (χ0v) is 24.7. The number of amides is 3. The number of nitrogens with one attached hydrogen (secondary N) is 3. The van der Waals surface area contributed by atoms with E-state index in [0.717, 1.165) is 40.4 Å². The molecule has 1 saturated heterocycles. The molecule has 0 aliphatic carbocycles. The van der Waals surface area contributed by atoms with Gasteiger partial charge >= 0.3 is 0 Å². The van der Waals surface area contributed by atoms with Crippen LogP contribution in [-0.2, 0) is 51.4 Å². The van der Waals surface area contributed by atoms with E-state index >= 15 is 0 Å². The van der Waals surface area contributed by atoms with Crippen molar-refractivity contribution in [3.63, 3.8) is 0 Å². The van der Waals surface area contributed by atoms with Crippen LogP contribution in [0.2, 0.25) is 0 Å². The minimum Gasteiger partial charge on any atom is -0.361 e. The third-order valence-electron chi connectivity index (χ3n) is 8.21. The number of hydrogen-bond acceptors (Lipinski definition) is 4. The third kappa shape index (κ3) is 7.02. The highest BCUT2D eigenvalue weighted by atomic mass is 16.2. The molecule has 3 N–H and O–H groups in total. The van der Waals surface area contributed by atoms with Gasteiger partial charge in [-0.15, -0.1) is 0 Å². The Kier molecular flexibility index (Phi) is 9.35. The highest BCUT2D eigenvalue weighted by Crippen LogP contribution is 2.22. The molecule has 1 aromatic heterocycles. The van der Waals surface area contributed by atoms with E-state index in [0.29, 0.717) is 6.42 Å². The summed E-state index contributed by atoms with van der Waals surface area (Å²) in [6.45, 7) is 3.98. The Balaban J connectivity index is 1.34. The van der Waals surface area contributed by atoms with Crippen LogP contribution >= 0.6 is 0 Å². The van der Waals surface area contributed by atoms with Gasteiger partial charge in [0.05, 0.1) is 6.54 Å². The van der Waals surface area contributed by atoms with E-state index in [-0.39, 0.29) is 37.9 Å². The fourth-order valence-electron chi connectivity index (χ4n) is 5.84. The van der Waals surface area contributed by atoms with Gasteiger partial charge in [-0.05, 0) is 53.1 Å². The monoisotopic (exact) mass is 578 g/mol. The second kappa shape index (κ2) is 13.5. The first-order chi connectivity index (χ1) is 20.9. The number of Topliss-reactive ketones (excluding diaryl/α,β-unsaturated/α-hetero) is 1. The van der Waals surface area contributed by atoms with Crippen molar-refractivity contribution in [2.24, 2.45) is 5.92 Å². The summed E-state index contributed by atoms with van der Waals surface area (Å²) in [5.74, 6) is -2.49. The number of hydrogen-bond donors (Lipinski definition) is 3. The molecule has 3 amide bonds. The van der Waals surface area contributed by atoms with E-state index in [1.165, 1.54) is 16.0 Å². The van der Waals surface area contributed by atoms with Crippen LogP contribution in [-0.4, -0.2) is 52.5 Å². The van der Waals surface area contributed by atoms with Crippen molar-refractivity contribution in [1.29, 1.82) is 0 Å². The van der Waals surface area contributed by atoms with Crippen LogP contribution in [0.1, 0.15) is 41.7 Å². The maximum Gasteiger partial charge on any atom is 0.246 e. The van der Waals surface area contributed by atoms with E-state index in [4.69, 9.17) is 0 Å². The molecular weight excluding hydrogens is 540 g/mol. The first-order valence-electron chi connectivity index (χ1n) is 14.9. The van der Waals surface area contributed by atoms with Gasteiger partial charge in [0, 0.05) is 30.1 Å². The second-order valence-corrected chi connectivity index (χ2v) is 11.1. The summed E-state index contributed by atoms with van der Waals surface area (Å²) >= 11 is 0. The summed E-state index contributed by atoms with van der Waals surface area (Å²) in [5.41, 5.74) is 6.16. The lowest BCUT2D eigenvalue weighted by molar-refractivity contribution is -0.147. The molecule has 0 bridgehead atoms. The van der Waals surface area contributed by atoms with Crippen LogP contribution in [0.15, 0.2) is 79.0 Å². The summed E-state index contributed by atoms with van der Waals surface area (Å²) in [7, 11) is 0. The van der Waals surface area contributed by atoms with Gasteiger partial charge in [-0.3, -0.25) is 19.2 Å². The number of ketones is 1. The first kappa shape index (κ1) is 29.8. The molecule has 5 rings (SSSR count). The number of aryl methyl sites for hydroxylation is 2. The molecule has 1 aliphatic heterocycles. The molecule has 4 aromatic rings. The lowest BCUT2D eigenvalue weighted by Crippen LogP contribution is -2.60. The predicted molar refractivity (Wildman–Crippen MR) is 166 cm³/mol. The van der Waals surface area contributed by atoms with Crippen molar-refractivity contribution in [2.45, 2.75) is 52.1 Å². The Morgan fingerprint density at radius 3 is 2.42 bits per heavy atom. The molecule has 0 spiro atoms. The zero-order valence-electron chi connectivity index (χ0n) is 24.7. The molecule has 3 aromatic carbocycles. The fraction of sp³-hybridized carbons (Fsp3) is 0.314. The van der Waals surface area contributed by atoms with E-state index < -0.39 is 23.7 Å². The fourth-order valence-corrected chi connectivity index (χ4v) is 5.84. The van der Waals surface area contributed by atoms with Crippen molar-refractivity contribution >= 4 is 34.4 Å². The van der Waals surface area contributed by atoms with E-state index in [1.807, 2.05) is 66.9 Å². The van der Waals surface area contributed by atoms with Crippen LogP contribution in [0.3, 0.4) is 0 Å². The van der Waals surface area contributed by atoms with Gasteiger partial charge in [0.1, 0.15) is 18.5 Å². The largest absolute Gasteiger partial charge is 0.361 e. The molecule has 43 heavy (non-hydrogen) atoms. The predicted octanol–water partition coefficient (Wildman–Crippen LogP) is 3.91. The third-order valence-corrected chi connectivity index (χ3v) is 8.21. The standard InChI is InChI=1S/C35H38N4O4/c1-3-25-15-14-24(16-26(25)4-2)19-37-34(42)29(18-27-20-36-30-13-9-8-12-28(27)30)32(40)21-39-22-33(41)38-31(35(39)43)17-23-10-6-5-7-11-23/h5-16,20,29,31,36H,3-4,17-19,21-22H2,1-2H3,(H,37,42)(H,38,41). The van der Waals surface area contributed by atoms with Crippen LogP contribution in [0, 0.1) is 5.92 Å². The van der Waals surface area contributed by atoms with Gasteiger partial charge in [0.2, 0.25) is 17.7 Å². The van der Waals surface area contributed by atoms with Crippen LogP contribution < -0.4 is 10.6 Å². The molecule has 2 heterocycles. The Morgan fingerprint density at radius 1 is 0.907 bits per heavy atom. The molecule has 8 heteroatoms. The van der Waals surface area contributed by atoms with Crippen molar-refractivity contribution in [3.05, 3.63) is 107 Å². The van der Waals surface area contributed by atoms with Crippen LogP contribution in [0.25, 0.3) is 10.9 Å². The molecule has 222 valence electrons. The highest BCUT2D eigenvalue weighted by molar-refractivity contribution is 6.05. The lowest BCUT2D eigenvalue weighted by atomic mass is 9.92. The molecule has 1 aliphatic rings. The molecule has 8 nitrogen and oxygen atoms in total. The average Bonchev–Trinajstić information content (AvgIpc) is 3.44. The van der Waals surface area contributed by atoms with E-state index in [2.05, 4.69) is 41.6 Å². The molecule has 1 fully saturated rings. The number of nitrogens with zero attached hydrogens (tertiary/aromatic N) is 1. The molecule has 0 saturated carbocycles. The summed E-state index contributed by atoms with van der Waals surface area (Å²) in [5, 5.41) is 6.67. The number of H-pyrrole nitrogens is 1. The lowest BCUT2D eigenvalue weighted by Gasteiger charge is -2.33. The normalized spacial score (nSPS) is 15.8. The highest BCUT2D eigenvalue weighted by Gasteiger charge is 2.36. The SMILES string of the molecule is CCc1ccc(CNC(=O)C(Cc2c[nH]c3ccccc23)C(=O)CN2CC(=O)NC(Cc3ccccc3)C2=O)cc1CC. The van der Waals surface area contributed by atoms with E-state index in [1.54, 1.807) is 0 Å². The molecular formula is C35H38N4O4. The summed E-state index contributed by atoms with van der Waals surface area (Å²) in [6.07, 6.45) is 4.16. The molecule has 2 atom stereocenters. The Bertz CT molecular complexity index is 1630.